The van der Waals surface area contributed by atoms with Crippen molar-refractivity contribution in [2.24, 2.45) is 107 Å². The Kier molecular flexibility index (Phi) is 28.2. The minimum Gasteiger partial charge on any atom is -0.0808 e. The zero-order valence-electron chi connectivity index (χ0n) is 45.1. The van der Waals surface area contributed by atoms with Gasteiger partial charge in [0.25, 0.3) is 0 Å². The smallest absolute Gasteiger partial charge is 0.0165 e. The molecule has 12 atom stereocenters. The molecular weight excluding hydrogens is 865 g/mol. The summed E-state index contributed by atoms with van der Waals surface area (Å²) in [6.45, 7) is 12.8. The normalized spacial score (nSPS) is 38.1. The Bertz CT molecular complexity index is 1400. The van der Waals surface area contributed by atoms with Crippen LogP contribution >= 0.6 is 0 Å². The fourth-order valence-corrected chi connectivity index (χ4v) is 15.3. The first kappa shape index (κ1) is 61.4. The average Bonchev–Trinajstić information content (AvgIpc) is 4.24. The van der Waals surface area contributed by atoms with E-state index in [1.807, 2.05) is 0 Å². The van der Waals surface area contributed by atoms with Crippen molar-refractivity contribution in [3.05, 3.63) is 146 Å². The second-order valence-corrected chi connectivity index (χ2v) is 24.5. The molecule has 6 saturated carbocycles. The lowest BCUT2D eigenvalue weighted by molar-refractivity contribution is 0.390. The van der Waals surface area contributed by atoms with E-state index in [9.17, 15) is 0 Å². The van der Waals surface area contributed by atoms with Crippen LogP contribution in [0.1, 0.15) is 199 Å². The van der Waals surface area contributed by atoms with Gasteiger partial charge >= 0.3 is 0 Å². The fourth-order valence-electron chi connectivity index (χ4n) is 15.3. The van der Waals surface area contributed by atoms with Crippen LogP contribution < -0.4 is 0 Å². The van der Waals surface area contributed by atoms with Crippen LogP contribution in [0, 0.1) is 107 Å². The molecule has 0 nitrogen and oxygen atoms in total. The molecule has 0 bridgehead atoms. The van der Waals surface area contributed by atoms with E-state index < -0.39 is 0 Å². The van der Waals surface area contributed by atoms with Crippen LogP contribution in [-0.2, 0) is 0 Å². The van der Waals surface area contributed by atoms with Gasteiger partial charge in [0.15, 0.2) is 0 Å². The van der Waals surface area contributed by atoms with Crippen LogP contribution in [-0.4, -0.2) is 0 Å². The average molecular weight is 980 g/mol. The van der Waals surface area contributed by atoms with Gasteiger partial charge in [-0.1, -0.05) is 267 Å². The van der Waals surface area contributed by atoms with Gasteiger partial charge in [-0.3, -0.25) is 0 Å². The molecule has 12 aliphatic rings. The molecular formula is C72H114. The van der Waals surface area contributed by atoms with E-state index in [0.717, 1.165) is 107 Å². The SMILES string of the molecule is C.C.C.C1=CC2CC(CCC3CC4C=CC=CC4C3)CC2C=C1.C1=CC2CC(CCC3CC4C=CC=CC4C3)CC2C=C1.C1=CC2CC(CCC3CC4C=CC=CC4C3)CC2C=C1.CCC.CCC.CCC. The minimum absolute atomic E-state index is 0. The first-order valence-corrected chi connectivity index (χ1v) is 30.0. The molecule has 0 spiro atoms. The summed E-state index contributed by atoms with van der Waals surface area (Å²) in [4.78, 5) is 0. The zero-order chi connectivity index (χ0) is 48.2. The number of allylic oxidation sites excluding steroid dienone is 24. The second kappa shape index (κ2) is 33.0. The summed E-state index contributed by atoms with van der Waals surface area (Å²) in [5.41, 5.74) is 0. The summed E-state index contributed by atoms with van der Waals surface area (Å²) < 4.78 is 0. The van der Waals surface area contributed by atoms with Gasteiger partial charge in [0.05, 0.1) is 0 Å². The van der Waals surface area contributed by atoms with Crippen molar-refractivity contribution >= 4 is 0 Å². The lowest BCUT2D eigenvalue weighted by Gasteiger charge is -2.13. The van der Waals surface area contributed by atoms with Crippen LogP contribution in [0.15, 0.2) is 146 Å². The third kappa shape index (κ3) is 18.3. The number of fused-ring (bicyclic) bond motifs is 6. The van der Waals surface area contributed by atoms with E-state index in [-0.39, 0.29) is 22.3 Å². The van der Waals surface area contributed by atoms with Gasteiger partial charge in [-0.05, 0) is 184 Å². The molecule has 12 unspecified atom stereocenters. The molecule has 0 amide bonds. The number of hydrogen-bond donors (Lipinski definition) is 0. The number of rotatable bonds is 9. The van der Waals surface area contributed by atoms with Gasteiger partial charge in [0.1, 0.15) is 0 Å². The van der Waals surface area contributed by atoms with Gasteiger partial charge in [0.2, 0.25) is 0 Å². The maximum Gasteiger partial charge on any atom is -0.0165 e. The summed E-state index contributed by atoms with van der Waals surface area (Å²) in [5, 5.41) is 0. The molecule has 0 radical (unpaired) electrons. The van der Waals surface area contributed by atoms with E-state index >= 15 is 0 Å². The monoisotopic (exact) mass is 979 g/mol. The van der Waals surface area contributed by atoms with E-state index in [4.69, 9.17) is 0 Å². The Morgan fingerprint density at radius 2 is 0.278 bits per heavy atom. The van der Waals surface area contributed by atoms with Crippen LogP contribution in [0.4, 0.5) is 0 Å². The second-order valence-electron chi connectivity index (χ2n) is 24.5. The molecule has 0 saturated heterocycles. The Balaban J connectivity index is 0.000000212. The van der Waals surface area contributed by atoms with E-state index in [0.29, 0.717) is 0 Å². The van der Waals surface area contributed by atoms with Crippen molar-refractivity contribution in [2.75, 3.05) is 0 Å². The standard InChI is InChI=1S/3C20H26.3C3H8.3CH4/c3*1-2-6-18-12-15(11-17(18)5-1)9-10-16-13-19-7-3-4-8-20(19)14-16;3*1-3-2;;;/h3*1-8,15-20H,9-14H2;3*3H2,1-2H3;3*1H4. The summed E-state index contributed by atoms with van der Waals surface area (Å²) in [6, 6.07) is 0. The highest BCUT2D eigenvalue weighted by molar-refractivity contribution is 5.21. The molecule has 12 rings (SSSR count). The zero-order valence-corrected chi connectivity index (χ0v) is 45.1. The lowest BCUT2D eigenvalue weighted by atomic mass is 9.92. The third-order valence-corrected chi connectivity index (χ3v) is 18.5. The summed E-state index contributed by atoms with van der Waals surface area (Å²) in [5.74, 6) is 16.3. The fraction of sp³-hybridized carbons (Fsp3) is 0.667. The van der Waals surface area contributed by atoms with Crippen LogP contribution in [0.5, 0.6) is 0 Å². The Morgan fingerprint density at radius 1 is 0.194 bits per heavy atom. The molecule has 12 aliphatic carbocycles. The summed E-state index contributed by atoms with van der Waals surface area (Å²) >= 11 is 0. The Labute approximate surface area is 448 Å². The van der Waals surface area contributed by atoms with Crippen LogP contribution in [0.25, 0.3) is 0 Å². The predicted octanol–water partition coefficient (Wildman–Crippen LogP) is 22.1. The first-order valence-electron chi connectivity index (χ1n) is 30.0. The van der Waals surface area contributed by atoms with Crippen LogP contribution in [0.2, 0.25) is 0 Å². The van der Waals surface area contributed by atoms with Gasteiger partial charge in [-0.2, -0.15) is 0 Å². The van der Waals surface area contributed by atoms with Crippen molar-refractivity contribution in [2.45, 2.75) is 199 Å². The highest BCUT2D eigenvalue weighted by Crippen LogP contribution is 2.49. The molecule has 0 N–H and O–H groups in total. The summed E-state index contributed by atoms with van der Waals surface area (Å²) in [7, 11) is 0. The van der Waals surface area contributed by atoms with E-state index in [1.54, 1.807) is 0 Å². The van der Waals surface area contributed by atoms with E-state index in [1.165, 1.54) is 135 Å². The molecule has 0 aromatic rings. The van der Waals surface area contributed by atoms with Crippen molar-refractivity contribution in [1.29, 1.82) is 0 Å². The van der Waals surface area contributed by atoms with Crippen molar-refractivity contribution in [1.82, 2.24) is 0 Å². The third-order valence-electron chi connectivity index (χ3n) is 18.5. The first-order chi connectivity index (χ1) is 33.9. The highest BCUT2D eigenvalue weighted by Gasteiger charge is 2.38. The quantitative estimate of drug-likeness (QED) is 0.216. The molecule has 0 aromatic heterocycles. The molecule has 0 aliphatic heterocycles. The molecule has 0 heteroatoms. The molecule has 402 valence electrons. The topological polar surface area (TPSA) is 0 Å². The van der Waals surface area contributed by atoms with Crippen molar-refractivity contribution in [3.63, 3.8) is 0 Å². The van der Waals surface area contributed by atoms with Gasteiger partial charge in [0, 0.05) is 0 Å². The summed E-state index contributed by atoms with van der Waals surface area (Å²) in [6.07, 6.45) is 86.4. The maximum atomic E-state index is 2.45. The molecule has 72 heavy (non-hydrogen) atoms. The van der Waals surface area contributed by atoms with Crippen molar-refractivity contribution < 1.29 is 0 Å². The number of hydrogen-bond acceptors (Lipinski definition) is 0. The minimum atomic E-state index is 0. The van der Waals surface area contributed by atoms with Gasteiger partial charge in [-0.25, -0.2) is 0 Å². The highest BCUT2D eigenvalue weighted by atomic mass is 14.4. The maximum absolute atomic E-state index is 2.45. The molecule has 0 heterocycles. The Hall–Kier alpha value is -3.12. The molecule has 0 aromatic carbocycles. The predicted molar refractivity (Wildman–Crippen MR) is 324 cm³/mol. The van der Waals surface area contributed by atoms with Crippen molar-refractivity contribution in [3.8, 4) is 0 Å². The Morgan fingerprint density at radius 3 is 0.361 bits per heavy atom. The largest absolute Gasteiger partial charge is 0.0808 e. The van der Waals surface area contributed by atoms with Gasteiger partial charge in [-0.15, -0.1) is 0 Å². The van der Waals surface area contributed by atoms with Gasteiger partial charge < -0.3 is 0 Å². The van der Waals surface area contributed by atoms with E-state index in [2.05, 4.69) is 187 Å². The lowest BCUT2D eigenvalue weighted by Crippen LogP contribution is -2.03. The van der Waals surface area contributed by atoms with Crippen LogP contribution in [0.3, 0.4) is 0 Å². The molecule has 6 fully saturated rings.